The zero-order chi connectivity index (χ0) is 15.7. The molecule has 0 aliphatic rings. The lowest BCUT2D eigenvalue weighted by atomic mass is 10.1. The van der Waals surface area contributed by atoms with Gasteiger partial charge in [0.1, 0.15) is 0 Å². The molecular formula is C15H23N3O3. The van der Waals surface area contributed by atoms with E-state index in [-0.39, 0.29) is 18.4 Å². The molecule has 21 heavy (non-hydrogen) atoms. The first-order valence-corrected chi connectivity index (χ1v) is 6.96. The number of ether oxygens (including phenoxy) is 1. The van der Waals surface area contributed by atoms with Gasteiger partial charge in [0, 0.05) is 31.5 Å². The van der Waals surface area contributed by atoms with E-state index in [4.69, 9.17) is 4.74 Å². The molecule has 0 aliphatic carbocycles. The zero-order valence-corrected chi connectivity index (χ0v) is 12.8. The van der Waals surface area contributed by atoms with Crippen molar-refractivity contribution in [2.45, 2.75) is 13.8 Å². The van der Waals surface area contributed by atoms with E-state index in [1.165, 1.54) is 0 Å². The lowest BCUT2D eigenvalue weighted by Gasteiger charge is -2.10. The summed E-state index contributed by atoms with van der Waals surface area (Å²) in [5.41, 5.74) is 2.41. The Bertz CT molecular complexity index is 489. The molecule has 1 aromatic rings. The number of amides is 2. The normalized spacial score (nSPS) is 10.0. The highest BCUT2D eigenvalue weighted by molar-refractivity contribution is 5.98. The predicted octanol–water partition coefficient (Wildman–Crippen LogP) is 0.919. The molecule has 1 rings (SSSR count). The maximum absolute atomic E-state index is 12.0. The molecule has 2 amide bonds. The van der Waals surface area contributed by atoms with Crippen LogP contribution < -0.4 is 16.0 Å². The van der Waals surface area contributed by atoms with Gasteiger partial charge in [0.2, 0.25) is 5.91 Å². The van der Waals surface area contributed by atoms with Crippen molar-refractivity contribution in [3.8, 4) is 0 Å². The summed E-state index contributed by atoms with van der Waals surface area (Å²) in [7, 11) is 1.56. The van der Waals surface area contributed by atoms with Crippen LogP contribution in [0.15, 0.2) is 18.2 Å². The summed E-state index contributed by atoms with van der Waals surface area (Å²) in [6, 6.07) is 5.52. The van der Waals surface area contributed by atoms with Gasteiger partial charge in [-0.05, 0) is 37.6 Å². The van der Waals surface area contributed by atoms with Crippen LogP contribution in [0.4, 0.5) is 5.69 Å². The molecule has 0 unspecified atom stereocenters. The minimum atomic E-state index is -0.252. The molecule has 0 saturated heterocycles. The van der Waals surface area contributed by atoms with Crippen LogP contribution in [0.25, 0.3) is 0 Å². The number of carbonyl (C=O) groups excluding carboxylic acids is 2. The molecule has 6 nitrogen and oxygen atoms in total. The van der Waals surface area contributed by atoms with Crippen LogP contribution in [0.1, 0.15) is 22.8 Å². The average Bonchev–Trinajstić information content (AvgIpc) is 2.45. The summed E-state index contributed by atoms with van der Waals surface area (Å²) < 4.78 is 4.83. The van der Waals surface area contributed by atoms with E-state index in [1.54, 1.807) is 13.2 Å². The van der Waals surface area contributed by atoms with Crippen LogP contribution >= 0.6 is 0 Å². The summed E-state index contributed by atoms with van der Waals surface area (Å²) in [6.45, 7) is 5.54. The average molecular weight is 293 g/mol. The third-order valence-electron chi connectivity index (χ3n) is 2.89. The van der Waals surface area contributed by atoms with Gasteiger partial charge in [-0.15, -0.1) is 0 Å². The molecule has 0 saturated carbocycles. The Morgan fingerprint density at radius 2 is 2.00 bits per heavy atom. The van der Waals surface area contributed by atoms with Crippen LogP contribution in [0, 0.1) is 6.92 Å². The molecule has 0 aromatic heterocycles. The van der Waals surface area contributed by atoms with Crippen LogP contribution in [-0.2, 0) is 9.53 Å². The number of benzene rings is 1. The third-order valence-corrected chi connectivity index (χ3v) is 2.89. The minimum Gasteiger partial charge on any atom is -0.385 e. The number of aryl methyl sites for hydroxylation is 1. The van der Waals surface area contributed by atoms with E-state index in [0.717, 1.165) is 17.8 Å². The van der Waals surface area contributed by atoms with Gasteiger partial charge >= 0.3 is 0 Å². The minimum absolute atomic E-state index is 0.0447. The number of carbonyl (C=O) groups is 2. The van der Waals surface area contributed by atoms with Gasteiger partial charge in [0.25, 0.3) is 5.91 Å². The fourth-order valence-corrected chi connectivity index (χ4v) is 1.84. The maximum Gasteiger partial charge on any atom is 0.251 e. The highest BCUT2D eigenvalue weighted by Gasteiger charge is 2.10. The first-order chi connectivity index (χ1) is 10.1. The quantitative estimate of drug-likeness (QED) is 0.623. The van der Waals surface area contributed by atoms with E-state index < -0.39 is 0 Å². The lowest BCUT2D eigenvalue weighted by molar-refractivity contribution is -0.120. The fraction of sp³-hybridized carbons (Fsp3) is 0.467. The van der Waals surface area contributed by atoms with Crippen molar-refractivity contribution >= 4 is 17.5 Å². The molecular weight excluding hydrogens is 270 g/mol. The van der Waals surface area contributed by atoms with Crippen LogP contribution in [0.2, 0.25) is 0 Å². The predicted molar refractivity (Wildman–Crippen MR) is 82.6 cm³/mol. The molecule has 0 fully saturated rings. The van der Waals surface area contributed by atoms with Crippen molar-refractivity contribution in [3.05, 3.63) is 29.3 Å². The molecule has 6 heteroatoms. The largest absolute Gasteiger partial charge is 0.385 e. The number of hydrogen-bond donors (Lipinski definition) is 3. The molecule has 0 atom stereocenters. The van der Waals surface area contributed by atoms with Crippen LogP contribution in [0.3, 0.4) is 0 Å². The molecule has 0 radical (unpaired) electrons. The van der Waals surface area contributed by atoms with Crippen LogP contribution in [-0.4, -0.2) is 45.2 Å². The molecule has 0 bridgehead atoms. The Morgan fingerprint density at radius 3 is 2.62 bits per heavy atom. The van der Waals surface area contributed by atoms with E-state index in [2.05, 4.69) is 16.0 Å². The van der Waals surface area contributed by atoms with Gasteiger partial charge in [-0.2, -0.15) is 0 Å². The number of rotatable bonds is 8. The van der Waals surface area contributed by atoms with Crippen molar-refractivity contribution in [1.82, 2.24) is 10.6 Å². The van der Waals surface area contributed by atoms with Crippen molar-refractivity contribution < 1.29 is 14.3 Å². The Balaban J connectivity index is 2.50. The lowest BCUT2D eigenvalue weighted by Crippen LogP contribution is -2.38. The zero-order valence-electron chi connectivity index (χ0n) is 12.8. The highest BCUT2D eigenvalue weighted by Crippen LogP contribution is 2.14. The molecule has 1 aromatic carbocycles. The summed E-state index contributed by atoms with van der Waals surface area (Å²) in [5, 5.41) is 8.43. The maximum atomic E-state index is 12.0. The summed E-state index contributed by atoms with van der Waals surface area (Å²) in [6.07, 6.45) is 0. The smallest absolute Gasteiger partial charge is 0.251 e. The van der Waals surface area contributed by atoms with E-state index in [1.807, 2.05) is 26.0 Å². The number of nitrogens with one attached hydrogen (secondary N) is 3. The van der Waals surface area contributed by atoms with Crippen molar-refractivity contribution in [2.24, 2.45) is 0 Å². The van der Waals surface area contributed by atoms with Gasteiger partial charge in [-0.3, -0.25) is 9.59 Å². The van der Waals surface area contributed by atoms with Gasteiger partial charge in [-0.25, -0.2) is 0 Å². The summed E-state index contributed by atoms with van der Waals surface area (Å²) in [4.78, 5) is 23.5. The Morgan fingerprint density at radius 1 is 1.24 bits per heavy atom. The SMILES string of the molecule is CCNc1ccc(C(=O)NCC(=O)NCCOC)c(C)c1. The first kappa shape index (κ1) is 17.0. The Labute approximate surface area is 125 Å². The van der Waals surface area contributed by atoms with Crippen molar-refractivity contribution in [2.75, 3.05) is 38.7 Å². The number of hydrogen-bond acceptors (Lipinski definition) is 4. The van der Waals surface area contributed by atoms with Gasteiger partial charge in [0.15, 0.2) is 0 Å². The monoisotopic (exact) mass is 293 g/mol. The summed E-state index contributed by atoms with van der Waals surface area (Å²) in [5.74, 6) is -0.486. The standard InChI is InChI=1S/C15H23N3O3/c1-4-16-12-5-6-13(11(2)9-12)15(20)18-10-14(19)17-7-8-21-3/h5-6,9,16H,4,7-8,10H2,1-3H3,(H,17,19)(H,18,20). The van der Waals surface area contributed by atoms with Gasteiger partial charge < -0.3 is 20.7 Å². The second-order valence-electron chi connectivity index (χ2n) is 4.59. The molecule has 3 N–H and O–H groups in total. The molecule has 0 aliphatic heterocycles. The highest BCUT2D eigenvalue weighted by atomic mass is 16.5. The topological polar surface area (TPSA) is 79.5 Å². The second-order valence-corrected chi connectivity index (χ2v) is 4.59. The van der Waals surface area contributed by atoms with E-state index in [0.29, 0.717) is 18.7 Å². The number of anilines is 1. The Kier molecular flexibility index (Phi) is 7.25. The van der Waals surface area contributed by atoms with E-state index >= 15 is 0 Å². The first-order valence-electron chi connectivity index (χ1n) is 6.96. The molecule has 0 heterocycles. The number of methoxy groups -OCH3 is 1. The third kappa shape index (κ3) is 5.83. The molecule has 116 valence electrons. The van der Waals surface area contributed by atoms with Gasteiger partial charge in [0.05, 0.1) is 13.2 Å². The fourth-order valence-electron chi connectivity index (χ4n) is 1.84. The Hall–Kier alpha value is -2.08. The van der Waals surface area contributed by atoms with Gasteiger partial charge in [-0.1, -0.05) is 0 Å². The van der Waals surface area contributed by atoms with E-state index in [9.17, 15) is 9.59 Å². The van der Waals surface area contributed by atoms with Crippen LogP contribution in [0.5, 0.6) is 0 Å². The van der Waals surface area contributed by atoms with Crippen molar-refractivity contribution in [1.29, 1.82) is 0 Å². The summed E-state index contributed by atoms with van der Waals surface area (Å²) >= 11 is 0. The van der Waals surface area contributed by atoms with Crippen molar-refractivity contribution in [3.63, 3.8) is 0 Å². The molecule has 0 spiro atoms. The second kappa shape index (κ2) is 8.97.